The lowest BCUT2D eigenvalue weighted by atomic mass is 10.4. The lowest BCUT2D eigenvalue weighted by molar-refractivity contribution is -0.120. The van der Waals surface area contributed by atoms with Gasteiger partial charge in [0.05, 0.1) is 13.2 Å². The number of ether oxygens (including phenoxy) is 1. The molecule has 4 nitrogen and oxygen atoms in total. The van der Waals surface area contributed by atoms with Crippen LogP contribution in [0.4, 0.5) is 0 Å². The molecular formula is C10H21ClN2O2S2. The van der Waals surface area contributed by atoms with Crippen molar-refractivity contribution < 1.29 is 9.53 Å². The molecule has 1 unspecified atom stereocenters. The van der Waals surface area contributed by atoms with Crippen LogP contribution in [0.25, 0.3) is 0 Å². The van der Waals surface area contributed by atoms with Crippen LogP contribution in [0.1, 0.15) is 0 Å². The largest absolute Gasteiger partial charge is 0.383 e. The minimum Gasteiger partial charge on any atom is -0.383 e. The maximum Gasteiger partial charge on any atom is 0.233 e. The average molecular weight is 301 g/mol. The molecule has 0 bridgehead atoms. The molecule has 0 spiro atoms. The molecule has 1 rings (SSSR count). The Morgan fingerprint density at radius 2 is 2.29 bits per heavy atom. The van der Waals surface area contributed by atoms with Crippen LogP contribution in [0.3, 0.4) is 0 Å². The van der Waals surface area contributed by atoms with Crippen molar-refractivity contribution in [1.29, 1.82) is 0 Å². The second kappa shape index (κ2) is 11.5. The van der Waals surface area contributed by atoms with E-state index in [-0.39, 0.29) is 18.3 Å². The van der Waals surface area contributed by atoms with Gasteiger partial charge >= 0.3 is 0 Å². The van der Waals surface area contributed by atoms with Crippen molar-refractivity contribution in [2.75, 3.05) is 50.6 Å². The third-order valence-corrected chi connectivity index (χ3v) is 5.03. The minimum absolute atomic E-state index is 0. The van der Waals surface area contributed by atoms with Crippen molar-refractivity contribution in [2.45, 2.75) is 5.25 Å². The van der Waals surface area contributed by atoms with Gasteiger partial charge < -0.3 is 15.4 Å². The van der Waals surface area contributed by atoms with Gasteiger partial charge in [0.25, 0.3) is 0 Å². The Morgan fingerprint density at radius 1 is 1.47 bits per heavy atom. The number of halogens is 1. The number of hydrogen-bond acceptors (Lipinski definition) is 5. The van der Waals surface area contributed by atoms with Crippen LogP contribution in [0.15, 0.2) is 0 Å². The van der Waals surface area contributed by atoms with Crippen molar-refractivity contribution >= 4 is 41.8 Å². The number of thioether (sulfide) groups is 2. The zero-order valence-electron chi connectivity index (χ0n) is 10.1. The molecule has 1 aliphatic heterocycles. The molecule has 2 N–H and O–H groups in total. The summed E-state index contributed by atoms with van der Waals surface area (Å²) in [6.45, 7) is 2.54. The SMILES string of the molecule is COCCNCC(=O)NCC1CSCCS1.Cl. The van der Waals surface area contributed by atoms with Crippen molar-refractivity contribution in [3.63, 3.8) is 0 Å². The maximum absolute atomic E-state index is 11.4. The molecule has 1 fully saturated rings. The van der Waals surface area contributed by atoms with Gasteiger partial charge in [0, 0.05) is 42.7 Å². The molecule has 102 valence electrons. The topological polar surface area (TPSA) is 50.4 Å². The Labute approximate surface area is 118 Å². The second-order valence-electron chi connectivity index (χ2n) is 3.54. The Bertz CT molecular complexity index is 205. The zero-order chi connectivity index (χ0) is 11.6. The maximum atomic E-state index is 11.4. The summed E-state index contributed by atoms with van der Waals surface area (Å²) < 4.78 is 4.88. The summed E-state index contributed by atoms with van der Waals surface area (Å²) in [5.41, 5.74) is 0. The van der Waals surface area contributed by atoms with E-state index in [1.165, 1.54) is 11.5 Å². The highest BCUT2D eigenvalue weighted by atomic mass is 35.5. The molecule has 1 atom stereocenters. The van der Waals surface area contributed by atoms with Crippen LogP contribution >= 0.6 is 35.9 Å². The fraction of sp³-hybridized carbons (Fsp3) is 0.900. The summed E-state index contributed by atoms with van der Waals surface area (Å²) in [5, 5.41) is 6.56. The Hall–Kier alpha value is 0.380. The number of nitrogens with one attached hydrogen (secondary N) is 2. The summed E-state index contributed by atoms with van der Waals surface area (Å²) in [6, 6.07) is 0. The van der Waals surface area contributed by atoms with E-state index in [2.05, 4.69) is 10.6 Å². The predicted octanol–water partition coefficient (Wildman–Crippen LogP) is 0.609. The van der Waals surface area contributed by atoms with E-state index >= 15 is 0 Å². The number of carbonyl (C=O) groups excluding carboxylic acids is 1. The monoisotopic (exact) mass is 300 g/mol. The zero-order valence-corrected chi connectivity index (χ0v) is 12.5. The van der Waals surface area contributed by atoms with Gasteiger partial charge in [-0.15, -0.1) is 12.4 Å². The molecule has 7 heteroatoms. The summed E-state index contributed by atoms with van der Waals surface area (Å²) in [7, 11) is 1.65. The van der Waals surface area contributed by atoms with Gasteiger partial charge in [0.1, 0.15) is 0 Å². The van der Waals surface area contributed by atoms with Crippen molar-refractivity contribution in [1.82, 2.24) is 10.6 Å². The Balaban J connectivity index is 0.00000256. The van der Waals surface area contributed by atoms with Gasteiger partial charge in [-0.25, -0.2) is 0 Å². The third kappa shape index (κ3) is 9.02. The molecule has 1 aliphatic rings. The number of methoxy groups -OCH3 is 1. The molecule has 17 heavy (non-hydrogen) atoms. The smallest absolute Gasteiger partial charge is 0.233 e. The highest BCUT2D eigenvalue weighted by molar-refractivity contribution is 8.06. The molecule has 1 heterocycles. The first kappa shape index (κ1) is 17.4. The van der Waals surface area contributed by atoms with Crippen LogP contribution in [-0.4, -0.2) is 61.8 Å². The second-order valence-corrected chi connectivity index (χ2v) is 6.10. The average Bonchev–Trinajstić information content (AvgIpc) is 2.33. The first-order valence-corrected chi connectivity index (χ1v) is 7.69. The van der Waals surface area contributed by atoms with Gasteiger partial charge in [0.15, 0.2) is 0 Å². The third-order valence-electron chi connectivity index (χ3n) is 2.18. The highest BCUT2D eigenvalue weighted by Crippen LogP contribution is 2.23. The van der Waals surface area contributed by atoms with Crippen molar-refractivity contribution in [3.8, 4) is 0 Å². The predicted molar refractivity (Wildman–Crippen MR) is 78.6 cm³/mol. The number of amides is 1. The number of rotatable bonds is 7. The molecule has 1 amide bonds. The van der Waals surface area contributed by atoms with Crippen molar-refractivity contribution in [3.05, 3.63) is 0 Å². The summed E-state index contributed by atoms with van der Waals surface area (Å²) in [6.07, 6.45) is 0. The van der Waals surface area contributed by atoms with E-state index in [9.17, 15) is 4.79 Å². The van der Waals surface area contributed by atoms with Gasteiger partial charge in [-0.2, -0.15) is 23.5 Å². The quantitative estimate of drug-likeness (QED) is 0.675. The lowest BCUT2D eigenvalue weighted by Gasteiger charge is -2.21. The molecule has 0 saturated carbocycles. The molecule has 1 saturated heterocycles. The van der Waals surface area contributed by atoms with Crippen LogP contribution in [0.2, 0.25) is 0 Å². The molecule has 0 aromatic heterocycles. The van der Waals surface area contributed by atoms with E-state index in [4.69, 9.17) is 4.74 Å². The normalized spacial score (nSPS) is 19.5. The van der Waals surface area contributed by atoms with Crippen molar-refractivity contribution in [2.24, 2.45) is 0 Å². The fourth-order valence-electron chi connectivity index (χ4n) is 1.32. The summed E-state index contributed by atoms with van der Waals surface area (Å²) in [4.78, 5) is 11.4. The number of hydrogen-bond donors (Lipinski definition) is 2. The Kier molecular flexibility index (Phi) is 11.7. The van der Waals surface area contributed by atoms with Crippen LogP contribution < -0.4 is 10.6 Å². The molecule has 0 aromatic rings. The van der Waals surface area contributed by atoms with Crippen LogP contribution in [0, 0.1) is 0 Å². The van der Waals surface area contributed by atoms with E-state index in [0.717, 1.165) is 18.8 Å². The standard InChI is InChI=1S/C10H20N2O2S2.ClH/c1-14-3-2-11-7-10(13)12-6-9-8-15-4-5-16-9;/h9,11H,2-8H2,1H3,(H,12,13);1H. The van der Waals surface area contributed by atoms with Crippen LogP contribution in [-0.2, 0) is 9.53 Å². The fourth-order valence-corrected chi connectivity index (χ4v) is 3.93. The first-order chi connectivity index (χ1) is 7.83. The van der Waals surface area contributed by atoms with E-state index in [1.807, 2.05) is 23.5 Å². The lowest BCUT2D eigenvalue weighted by Crippen LogP contribution is -2.39. The van der Waals surface area contributed by atoms with Gasteiger partial charge in [-0.05, 0) is 0 Å². The van der Waals surface area contributed by atoms with E-state index < -0.39 is 0 Å². The van der Waals surface area contributed by atoms with E-state index in [0.29, 0.717) is 18.4 Å². The summed E-state index contributed by atoms with van der Waals surface area (Å²) in [5.74, 6) is 3.68. The first-order valence-electron chi connectivity index (χ1n) is 5.48. The molecule has 0 aromatic carbocycles. The van der Waals surface area contributed by atoms with Gasteiger partial charge in [0.2, 0.25) is 5.91 Å². The molecule has 0 radical (unpaired) electrons. The molecule has 0 aliphatic carbocycles. The highest BCUT2D eigenvalue weighted by Gasteiger charge is 2.14. The van der Waals surface area contributed by atoms with Crippen LogP contribution in [0.5, 0.6) is 0 Å². The molecular weight excluding hydrogens is 280 g/mol. The minimum atomic E-state index is 0. The number of carbonyl (C=O) groups is 1. The summed E-state index contributed by atoms with van der Waals surface area (Å²) >= 11 is 3.94. The van der Waals surface area contributed by atoms with E-state index in [1.54, 1.807) is 7.11 Å². The van der Waals surface area contributed by atoms with Gasteiger partial charge in [-0.3, -0.25) is 4.79 Å². The Morgan fingerprint density at radius 3 is 2.94 bits per heavy atom. The van der Waals surface area contributed by atoms with Gasteiger partial charge in [-0.1, -0.05) is 0 Å².